The van der Waals surface area contributed by atoms with Gasteiger partial charge in [0, 0.05) is 31.2 Å². The van der Waals surface area contributed by atoms with Crippen LogP contribution in [0.3, 0.4) is 0 Å². The lowest BCUT2D eigenvalue weighted by molar-refractivity contribution is 0.288. The first-order valence-electron chi connectivity index (χ1n) is 6.91. The second kappa shape index (κ2) is 7.65. The van der Waals surface area contributed by atoms with Gasteiger partial charge in [-0.25, -0.2) is 9.97 Å². The van der Waals surface area contributed by atoms with Crippen LogP contribution in [0.5, 0.6) is 0 Å². The van der Waals surface area contributed by atoms with Crippen molar-refractivity contribution in [2.24, 2.45) is 0 Å². The van der Waals surface area contributed by atoms with Crippen LogP contribution in [-0.2, 0) is 6.42 Å². The molecule has 0 amide bonds. The van der Waals surface area contributed by atoms with Crippen LogP contribution < -0.4 is 4.90 Å². The van der Waals surface area contributed by atoms with Gasteiger partial charge in [-0.15, -0.1) is 0 Å². The lowest BCUT2D eigenvalue weighted by atomic mass is 10.2. The molecule has 1 N–H and O–H groups in total. The molecule has 0 atom stereocenters. The summed E-state index contributed by atoms with van der Waals surface area (Å²) in [6, 6.07) is 0.311. The van der Waals surface area contributed by atoms with Crippen molar-refractivity contribution in [3.05, 3.63) is 16.5 Å². The van der Waals surface area contributed by atoms with Crippen molar-refractivity contribution in [2.45, 2.75) is 53.0 Å². The smallest absolute Gasteiger partial charge is 0.137 e. The van der Waals surface area contributed by atoms with Gasteiger partial charge in [0.2, 0.25) is 0 Å². The summed E-state index contributed by atoms with van der Waals surface area (Å²) >= 11 is 6.21. The van der Waals surface area contributed by atoms with Crippen LogP contribution in [0, 0.1) is 6.92 Å². The van der Waals surface area contributed by atoms with Crippen LogP contribution in [0.2, 0.25) is 5.15 Å². The Hall–Kier alpha value is -0.870. The Bertz CT molecular complexity index is 410. The Morgan fingerprint density at radius 3 is 2.53 bits per heavy atom. The highest BCUT2D eigenvalue weighted by Crippen LogP contribution is 2.25. The van der Waals surface area contributed by atoms with E-state index in [1.54, 1.807) is 0 Å². The Morgan fingerprint density at radius 2 is 2.00 bits per heavy atom. The molecule has 0 spiro atoms. The summed E-state index contributed by atoms with van der Waals surface area (Å²) in [5.41, 5.74) is 0.910. The molecule has 1 rings (SSSR count). The quantitative estimate of drug-likeness (QED) is 0.783. The maximum Gasteiger partial charge on any atom is 0.137 e. The van der Waals surface area contributed by atoms with Crippen molar-refractivity contribution in [3.8, 4) is 0 Å². The van der Waals surface area contributed by atoms with E-state index in [1.807, 2.05) is 6.92 Å². The standard InChI is InChI=1S/C14H24ClN3O/c1-5-7-12-16-13(15)11(4)14(17-12)18(10(2)3)8-6-9-19/h10,19H,5-9H2,1-4H3. The van der Waals surface area contributed by atoms with Gasteiger partial charge in [0.25, 0.3) is 0 Å². The maximum absolute atomic E-state index is 9.02. The molecule has 0 aliphatic heterocycles. The molecule has 0 radical (unpaired) electrons. The summed E-state index contributed by atoms with van der Waals surface area (Å²) in [7, 11) is 0. The second-order valence-electron chi connectivity index (χ2n) is 4.99. The zero-order valence-electron chi connectivity index (χ0n) is 12.3. The third-order valence-corrected chi connectivity index (χ3v) is 3.40. The van der Waals surface area contributed by atoms with Crippen molar-refractivity contribution < 1.29 is 5.11 Å². The minimum Gasteiger partial charge on any atom is -0.396 e. The molecule has 108 valence electrons. The number of hydrogen-bond donors (Lipinski definition) is 1. The van der Waals surface area contributed by atoms with Crippen LogP contribution in [0.15, 0.2) is 0 Å². The van der Waals surface area contributed by atoms with Gasteiger partial charge >= 0.3 is 0 Å². The molecule has 1 aromatic heterocycles. The summed E-state index contributed by atoms with van der Waals surface area (Å²) in [5, 5.41) is 9.55. The Morgan fingerprint density at radius 1 is 1.32 bits per heavy atom. The van der Waals surface area contributed by atoms with Crippen LogP contribution in [0.4, 0.5) is 5.82 Å². The zero-order chi connectivity index (χ0) is 14.4. The van der Waals surface area contributed by atoms with E-state index in [0.29, 0.717) is 11.2 Å². The number of aliphatic hydroxyl groups is 1. The lowest BCUT2D eigenvalue weighted by Gasteiger charge is -2.29. The Balaban J connectivity index is 3.12. The van der Waals surface area contributed by atoms with Crippen LogP contribution >= 0.6 is 11.6 Å². The van der Waals surface area contributed by atoms with Crippen molar-refractivity contribution in [1.29, 1.82) is 0 Å². The van der Waals surface area contributed by atoms with Gasteiger partial charge in [0.1, 0.15) is 16.8 Å². The molecular weight excluding hydrogens is 262 g/mol. The first-order chi connectivity index (χ1) is 9.01. The van der Waals surface area contributed by atoms with Gasteiger partial charge in [0.05, 0.1) is 0 Å². The molecule has 1 heterocycles. The average molecular weight is 286 g/mol. The summed E-state index contributed by atoms with van der Waals surface area (Å²) in [5.74, 6) is 1.69. The van der Waals surface area contributed by atoms with Gasteiger partial charge < -0.3 is 10.0 Å². The molecule has 0 saturated heterocycles. The molecule has 1 aromatic rings. The predicted molar refractivity (Wildman–Crippen MR) is 80.0 cm³/mol. The van der Waals surface area contributed by atoms with Crippen molar-refractivity contribution >= 4 is 17.4 Å². The number of hydrogen-bond acceptors (Lipinski definition) is 4. The van der Waals surface area contributed by atoms with Crippen molar-refractivity contribution in [1.82, 2.24) is 9.97 Å². The minimum atomic E-state index is 0.183. The predicted octanol–water partition coefficient (Wildman–Crippen LogP) is 2.99. The van der Waals surface area contributed by atoms with Crippen LogP contribution in [-0.4, -0.2) is 34.3 Å². The first-order valence-corrected chi connectivity index (χ1v) is 7.29. The zero-order valence-corrected chi connectivity index (χ0v) is 13.0. The minimum absolute atomic E-state index is 0.183. The summed E-state index contributed by atoms with van der Waals surface area (Å²) < 4.78 is 0. The SMILES string of the molecule is CCCc1nc(Cl)c(C)c(N(CCCO)C(C)C)n1. The molecule has 0 fully saturated rings. The van der Waals surface area contributed by atoms with E-state index < -0.39 is 0 Å². The van der Waals surface area contributed by atoms with E-state index >= 15 is 0 Å². The highest BCUT2D eigenvalue weighted by atomic mass is 35.5. The van der Waals surface area contributed by atoms with Gasteiger partial charge in [-0.2, -0.15) is 0 Å². The fraction of sp³-hybridized carbons (Fsp3) is 0.714. The number of nitrogens with zero attached hydrogens (tertiary/aromatic N) is 3. The van der Waals surface area contributed by atoms with E-state index in [4.69, 9.17) is 16.7 Å². The fourth-order valence-electron chi connectivity index (χ4n) is 1.99. The second-order valence-corrected chi connectivity index (χ2v) is 5.35. The monoisotopic (exact) mass is 285 g/mol. The molecule has 0 unspecified atom stereocenters. The highest BCUT2D eigenvalue weighted by Gasteiger charge is 2.17. The summed E-state index contributed by atoms with van der Waals surface area (Å²) in [6.45, 7) is 9.24. The molecule has 0 aromatic carbocycles. The molecule has 0 aliphatic rings. The molecule has 0 aliphatic carbocycles. The van der Waals surface area contributed by atoms with Crippen LogP contribution in [0.1, 0.15) is 45.0 Å². The maximum atomic E-state index is 9.02. The number of aliphatic hydroxyl groups excluding tert-OH is 1. The van der Waals surface area contributed by atoms with Crippen molar-refractivity contribution in [3.63, 3.8) is 0 Å². The van der Waals surface area contributed by atoms with E-state index in [0.717, 1.165) is 43.0 Å². The number of anilines is 1. The number of aryl methyl sites for hydroxylation is 1. The molecule has 4 nitrogen and oxygen atoms in total. The van der Waals surface area contributed by atoms with Gasteiger partial charge in [-0.05, 0) is 33.6 Å². The van der Waals surface area contributed by atoms with Gasteiger partial charge in [-0.1, -0.05) is 18.5 Å². The number of rotatable bonds is 7. The first kappa shape index (κ1) is 16.2. The number of halogens is 1. The van der Waals surface area contributed by atoms with Gasteiger partial charge in [-0.3, -0.25) is 0 Å². The van der Waals surface area contributed by atoms with Crippen LogP contribution in [0.25, 0.3) is 0 Å². The largest absolute Gasteiger partial charge is 0.396 e. The third-order valence-electron chi connectivity index (χ3n) is 3.03. The lowest BCUT2D eigenvalue weighted by Crippen LogP contribution is -2.34. The van der Waals surface area contributed by atoms with E-state index in [1.165, 1.54) is 0 Å². The highest BCUT2D eigenvalue weighted by molar-refractivity contribution is 6.30. The fourth-order valence-corrected chi connectivity index (χ4v) is 2.17. The van der Waals surface area contributed by atoms with E-state index in [9.17, 15) is 0 Å². The Labute approximate surface area is 120 Å². The molecule has 5 heteroatoms. The summed E-state index contributed by atoms with van der Waals surface area (Å²) in [6.07, 6.45) is 2.55. The van der Waals surface area contributed by atoms with Gasteiger partial charge in [0.15, 0.2) is 0 Å². The summed E-state index contributed by atoms with van der Waals surface area (Å²) in [4.78, 5) is 11.1. The Kier molecular flexibility index (Phi) is 6.52. The molecule has 0 bridgehead atoms. The molecule has 0 saturated carbocycles. The van der Waals surface area contributed by atoms with E-state index in [-0.39, 0.29) is 6.61 Å². The average Bonchev–Trinajstić information content (AvgIpc) is 2.35. The topological polar surface area (TPSA) is 49.2 Å². The third kappa shape index (κ3) is 4.32. The number of aromatic nitrogens is 2. The van der Waals surface area contributed by atoms with Crippen molar-refractivity contribution in [2.75, 3.05) is 18.1 Å². The molecular formula is C14H24ClN3O. The van der Waals surface area contributed by atoms with E-state index in [2.05, 4.69) is 35.6 Å². The molecule has 19 heavy (non-hydrogen) atoms. The normalized spacial score (nSPS) is 11.1.